The number of hydrogen-bond acceptors (Lipinski definition) is 4. The fourth-order valence-electron chi connectivity index (χ4n) is 3.11. The zero-order valence-electron chi connectivity index (χ0n) is 15.2. The highest BCUT2D eigenvalue weighted by molar-refractivity contribution is 8.07. The topological polar surface area (TPSA) is 105 Å². The molecule has 0 amide bonds. The first-order chi connectivity index (χ1) is 11.5. The molecule has 0 unspecified atom stereocenters. The Morgan fingerprint density at radius 3 is 2.20 bits per heavy atom. The summed E-state index contributed by atoms with van der Waals surface area (Å²) in [6.45, 7) is 7.98. The third kappa shape index (κ3) is 4.90. The van der Waals surface area contributed by atoms with E-state index in [0.717, 1.165) is 19.3 Å². The van der Waals surface area contributed by atoms with Gasteiger partial charge in [0.1, 0.15) is 0 Å². The van der Waals surface area contributed by atoms with Gasteiger partial charge in [-0.25, -0.2) is 16.8 Å². The predicted octanol–water partition coefficient (Wildman–Crippen LogP) is 3.28. The highest BCUT2D eigenvalue weighted by atomic mass is 32.2. The molecule has 1 fully saturated rings. The van der Waals surface area contributed by atoms with Crippen LogP contribution in [0.1, 0.15) is 59.3 Å². The SMILES string of the molecule is C=CCS(=O)(=O)C(=CC(C)(C)S(=O)(=O)C(=[N+]=[N-])C1CCCCC1)CC. The Morgan fingerprint density at radius 2 is 1.76 bits per heavy atom. The molecule has 1 aliphatic rings. The number of rotatable bonds is 7. The van der Waals surface area contributed by atoms with Crippen LogP contribution in [0.15, 0.2) is 23.6 Å². The summed E-state index contributed by atoms with van der Waals surface area (Å²) in [7, 11) is -7.59. The Morgan fingerprint density at radius 1 is 1.20 bits per heavy atom. The van der Waals surface area contributed by atoms with Gasteiger partial charge >= 0.3 is 5.04 Å². The lowest BCUT2D eigenvalue weighted by Crippen LogP contribution is -2.40. The van der Waals surface area contributed by atoms with Gasteiger partial charge in [-0.2, -0.15) is 4.79 Å². The highest BCUT2D eigenvalue weighted by Crippen LogP contribution is 2.32. The van der Waals surface area contributed by atoms with E-state index in [1.807, 2.05) is 0 Å². The summed E-state index contributed by atoms with van der Waals surface area (Å²) in [5, 5.41) is -0.231. The lowest BCUT2D eigenvalue weighted by Gasteiger charge is -2.24. The fourth-order valence-corrected chi connectivity index (χ4v) is 6.24. The summed E-state index contributed by atoms with van der Waals surface area (Å²) in [5.74, 6) is -0.557. The summed E-state index contributed by atoms with van der Waals surface area (Å²) in [6, 6.07) is 0. The van der Waals surface area contributed by atoms with Crippen molar-refractivity contribution in [3.8, 4) is 0 Å². The van der Waals surface area contributed by atoms with E-state index < -0.39 is 24.4 Å². The summed E-state index contributed by atoms with van der Waals surface area (Å²) < 4.78 is 49.2. The van der Waals surface area contributed by atoms with Crippen molar-refractivity contribution in [1.82, 2.24) is 0 Å². The van der Waals surface area contributed by atoms with Gasteiger partial charge in [-0.15, -0.1) is 6.58 Å². The Balaban J connectivity index is 3.35. The third-order valence-electron chi connectivity index (χ3n) is 4.61. The van der Waals surface area contributed by atoms with Crippen molar-refractivity contribution < 1.29 is 21.6 Å². The molecule has 142 valence electrons. The Bertz CT molecular complexity index is 781. The van der Waals surface area contributed by atoms with Crippen molar-refractivity contribution in [2.45, 2.75) is 64.0 Å². The van der Waals surface area contributed by atoms with Crippen molar-refractivity contribution >= 4 is 24.7 Å². The second-order valence-electron chi connectivity index (χ2n) is 6.91. The van der Waals surface area contributed by atoms with Gasteiger partial charge in [0.05, 0.1) is 16.4 Å². The van der Waals surface area contributed by atoms with Gasteiger partial charge in [-0.05, 0) is 39.2 Å². The molecule has 0 radical (unpaired) electrons. The van der Waals surface area contributed by atoms with Gasteiger partial charge < -0.3 is 5.53 Å². The second-order valence-corrected chi connectivity index (χ2v) is 11.5. The highest BCUT2D eigenvalue weighted by Gasteiger charge is 2.47. The molecule has 8 heteroatoms. The average Bonchev–Trinajstić information content (AvgIpc) is 2.53. The first-order valence-electron chi connectivity index (χ1n) is 8.55. The Hall–Kier alpha value is -1.24. The zero-order chi connectivity index (χ0) is 19.3. The first-order valence-corrected chi connectivity index (χ1v) is 11.7. The summed E-state index contributed by atoms with van der Waals surface area (Å²) >= 11 is 0. The average molecular weight is 389 g/mol. The van der Waals surface area contributed by atoms with Gasteiger partial charge in [0, 0.05) is 4.91 Å². The molecular formula is C17H28N2O4S2. The van der Waals surface area contributed by atoms with Crippen LogP contribution in [0, 0.1) is 5.92 Å². The lowest BCUT2D eigenvalue weighted by molar-refractivity contribution is -0.00917. The quantitative estimate of drug-likeness (QED) is 0.219. The Kier molecular flexibility index (Phi) is 7.35. The molecule has 0 aliphatic heterocycles. The van der Waals surface area contributed by atoms with Gasteiger partial charge in [-0.3, -0.25) is 0 Å². The van der Waals surface area contributed by atoms with Crippen LogP contribution in [-0.4, -0.2) is 37.2 Å². The third-order valence-corrected chi connectivity index (χ3v) is 8.96. The summed E-state index contributed by atoms with van der Waals surface area (Å²) in [6.07, 6.45) is 6.88. The molecule has 0 saturated heterocycles. The van der Waals surface area contributed by atoms with Gasteiger partial charge in [0.15, 0.2) is 9.84 Å². The fraction of sp³-hybridized carbons (Fsp3) is 0.706. The molecule has 0 N–H and O–H groups in total. The molecule has 0 spiro atoms. The smallest absolute Gasteiger partial charge is 0.360 e. The number of nitrogens with zero attached hydrogens (tertiary/aromatic N) is 2. The monoisotopic (exact) mass is 388 g/mol. The molecule has 25 heavy (non-hydrogen) atoms. The molecule has 1 rings (SSSR count). The Labute approximate surface area is 151 Å². The maximum atomic E-state index is 13.1. The lowest BCUT2D eigenvalue weighted by atomic mass is 9.90. The van der Waals surface area contributed by atoms with Gasteiger partial charge in [0.25, 0.3) is 9.84 Å². The molecule has 0 heterocycles. The van der Waals surface area contributed by atoms with Crippen molar-refractivity contribution in [3.05, 3.63) is 29.2 Å². The molecule has 0 aromatic carbocycles. The zero-order valence-corrected chi connectivity index (χ0v) is 16.9. The van der Waals surface area contributed by atoms with Gasteiger partial charge in [0.2, 0.25) is 0 Å². The first kappa shape index (κ1) is 21.8. The molecular weight excluding hydrogens is 360 g/mol. The number of sulfone groups is 2. The molecule has 0 atom stereocenters. The molecule has 0 bridgehead atoms. The maximum Gasteiger partial charge on any atom is 0.385 e. The molecule has 0 aromatic rings. The number of hydrogen-bond donors (Lipinski definition) is 0. The van der Waals surface area contributed by atoms with Crippen LogP contribution in [0.25, 0.3) is 5.53 Å². The van der Waals surface area contributed by atoms with E-state index in [-0.39, 0.29) is 28.0 Å². The van der Waals surface area contributed by atoms with Crippen molar-refractivity contribution in [1.29, 1.82) is 0 Å². The van der Waals surface area contributed by atoms with E-state index in [2.05, 4.69) is 11.4 Å². The van der Waals surface area contributed by atoms with Crippen LogP contribution in [0.4, 0.5) is 0 Å². The number of allylic oxidation sites excluding steroid dienone is 1. The van der Waals surface area contributed by atoms with Crippen LogP contribution in [0.5, 0.6) is 0 Å². The molecule has 6 nitrogen and oxygen atoms in total. The minimum absolute atomic E-state index is 0.0573. The van der Waals surface area contributed by atoms with E-state index in [1.165, 1.54) is 26.0 Å². The van der Waals surface area contributed by atoms with Gasteiger partial charge in [-0.1, -0.05) is 32.3 Å². The van der Waals surface area contributed by atoms with E-state index in [9.17, 15) is 22.4 Å². The minimum Gasteiger partial charge on any atom is -0.360 e. The van der Waals surface area contributed by atoms with Crippen LogP contribution in [-0.2, 0) is 19.7 Å². The largest absolute Gasteiger partial charge is 0.385 e. The summed E-state index contributed by atoms with van der Waals surface area (Å²) in [5.41, 5.74) is 9.37. The summed E-state index contributed by atoms with van der Waals surface area (Å²) in [4.78, 5) is 3.17. The van der Waals surface area contributed by atoms with Crippen LogP contribution in [0.2, 0.25) is 0 Å². The molecule has 1 saturated carbocycles. The van der Waals surface area contributed by atoms with Crippen LogP contribution < -0.4 is 0 Å². The van der Waals surface area contributed by atoms with Crippen LogP contribution >= 0.6 is 0 Å². The van der Waals surface area contributed by atoms with E-state index in [1.54, 1.807) is 6.92 Å². The molecule has 0 aromatic heterocycles. The van der Waals surface area contributed by atoms with Crippen LogP contribution in [0.3, 0.4) is 0 Å². The normalized spacial score (nSPS) is 17.8. The molecule has 1 aliphatic carbocycles. The van der Waals surface area contributed by atoms with E-state index in [4.69, 9.17) is 0 Å². The van der Waals surface area contributed by atoms with Crippen molar-refractivity contribution in [2.24, 2.45) is 5.92 Å². The van der Waals surface area contributed by atoms with Crippen molar-refractivity contribution in [3.63, 3.8) is 0 Å². The minimum atomic E-state index is -4.00. The van der Waals surface area contributed by atoms with E-state index >= 15 is 0 Å². The predicted molar refractivity (Wildman–Crippen MR) is 101 cm³/mol. The maximum absolute atomic E-state index is 13.1. The second kappa shape index (κ2) is 8.43. The van der Waals surface area contributed by atoms with Crippen molar-refractivity contribution in [2.75, 3.05) is 5.75 Å². The standard InChI is InChI=1S/C17H28N2O4S2/c1-5-12-24(20,21)15(6-2)13-17(3,4)25(22,23)16(19-18)14-10-8-7-9-11-14/h5,13-14H,1,6-12H2,2-4H3. The van der Waals surface area contributed by atoms with E-state index in [0.29, 0.717) is 12.8 Å².